The molecular formula is C10H9BrClO. The van der Waals surface area contributed by atoms with E-state index in [1.165, 1.54) is 0 Å². The molecule has 0 unspecified atom stereocenters. The van der Waals surface area contributed by atoms with Crippen LogP contribution in [0.2, 0.25) is 5.02 Å². The molecule has 13 heavy (non-hydrogen) atoms. The van der Waals surface area contributed by atoms with E-state index in [1.807, 2.05) is 0 Å². The highest BCUT2D eigenvalue weighted by molar-refractivity contribution is 9.10. The van der Waals surface area contributed by atoms with Crippen molar-refractivity contribution >= 4 is 33.3 Å². The Bertz CT molecular complexity index is 323. The number of rotatable bonds is 3. The second kappa shape index (κ2) is 4.77. The normalized spacial score (nSPS) is 10.1. The smallest absolute Gasteiger partial charge is 0.164 e. The van der Waals surface area contributed by atoms with Gasteiger partial charge in [-0.3, -0.25) is 4.79 Å². The van der Waals surface area contributed by atoms with Gasteiger partial charge < -0.3 is 0 Å². The van der Waals surface area contributed by atoms with Gasteiger partial charge in [-0.15, -0.1) is 0 Å². The molecule has 0 saturated heterocycles. The Labute approximate surface area is 91.2 Å². The molecule has 0 fully saturated rings. The molecule has 1 nitrogen and oxygen atoms in total. The van der Waals surface area contributed by atoms with E-state index in [0.29, 0.717) is 23.4 Å². The summed E-state index contributed by atoms with van der Waals surface area (Å²) in [6, 6.07) is 5.16. The quantitative estimate of drug-likeness (QED) is 0.753. The lowest BCUT2D eigenvalue weighted by atomic mass is 10.1. The number of halogens is 2. The Hall–Kier alpha value is -0.340. The molecule has 1 radical (unpaired) electrons. The molecule has 0 aromatic heterocycles. The van der Waals surface area contributed by atoms with Crippen molar-refractivity contribution < 1.29 is 4.79 Å². The molecule has 0 N–H and O–H groups in total. The molecule has 1 aromatic rings. The number of benzene rings is 1. The maximum atomic E-state index is 11.5. The molecule has 0 saturated carbocycles. The summed E-state index contributed by atoms with van der Waals surface area (Å²) in [4.78, 5) is 11.5. The van der Waals surface area contributed by atoms with E-state index in [9.17, 15) is 4.79 Å². The number of ketones is 1. The fraction of sp³-hybridized carbons (Fsp3) is 0.200. The highest BCUT2D eigenvalue weighted by Crippen LogP contribution is 2.22. The van der Waals surface area contributed by atoms with E-state index in [4.69, 9.17) is 11.6 Å². The number of hydrogen-bond donors (Lipinski definition) is 0. The molecule has 1 aromatic carbocycles. The van der Waals surface area contributed by atoms with Gasteiger partial charge in [0.05, 0.1) is 0 Å². The Morgan fingerprint density at radius 2 is 2.23 bits per heavy atom. The lowest BCUT2D eigenvalue weighted by Crippen LogP contribution is -1.98. The van der Waals surface area contributed by atoms with Crippen molar-refractivity contribution in [1.82, 2.24) is 0 Å². The number of carbonyl (C=O) groups is 1. The molecule has 0 heterocycles. The third-order valence-corrected chi connectivity index (χ3v) is 2.53. The van der Waals surface area contributed by atoms with Crippen LogP contribution in [0.1, 0.15) is 23.2 Å². The summed E-state index contributed by atoms with van der Waals surface area (Å²) in [7, 11) is 0. The van der Waals surface area contributed by atoms with Gasteiger partial charge in [0.2, 0.25) is 0 Å². The standard InChI is InChI=1S/C10H9BrClO/c1-2-3-10(13)8-5-4-7(12)6-9(8)11/h4-6H,1-3H2. The van der Waals surface area contributed by atoms with Crippen LogP contribution in [0.15, 0.2) is 22.7 Å². The van der Waals surface area contributed by atoms with Gasteiger partial charge in [0.25, 0.3) is 0 Å². The van der Waals surface area contributed by atoms with E-state index in [0.717, 1.165) is 4.47 Å². The molecule has 0 atom stereocenters. The predicted octanol–water partition coefficient (Wildman–Crippen LogP) is 3.90. The summed E-state index contributed by atoms with van der Waals surface area (Å²) in [6.45, 7) is 3.64. The first-order valence-corrected chi connectivity index (χ1v) is 5.09. The number of carbonyl (C=O) groups excluding carboxylic acids is 1. The molecule has 0 aliphatic rings. The Morgan fingerprint density at radius 1 is 1.54 bits per heavy atom. The third-order valence-electron chi connectivity index (χ3n) is 1.64. The van der Waals surface area contributed by atoms with Crippen molar-refractivity contribution in [2.45, 2.75) is 12.8 Å². The molecule has 0 spiro atoms. The molecule has 3 heteroatoms. The predicted molar refractivity (Wildman–Crippen MR) is 58.1 cm³/mol. The zero-order valence-corrected chi connectivity index (χ0v) is 9.36. The van der Waals surface area contributed by atoms with Gasteiger partial charge in [-0.25, -0.2) is 0 Å². The Morgan fingerprint density at radius 3 is 2.77 bits per heavy atom. The molecule has 0 amide bonds. The molecule has 69 valence electrons. The van der Waals surface area contributed by atoms with E-state index in [1.54, 1.807) is 18.2 Å². The van der Waals surface area contributed by atoms with Crippen LogP contribution in [-0.2, 0) is 0 Å². The SMILES string of the molecule is [CH2]CCC(=O)c1ccc(Cl)cc1Br. The minimum absolute atomic E-state index is 0.0959. The second-order valence-corrected chi connectivity index (χ2v) is 3.94. The summed E-state index contributed by atoms with van der Waals surface area (Å²) >= 11 is 9.04. The zero-order chi connectivity index (χ0) is 9.84. The third kappa shape index (κ3) is 2.82. The van der Waals surface area contributed by atoms with Crippen molar-refractivity contribution in [3.05, 3.63) is 40.2 Å². The Balaban J connectivity index is 2.95. The molecule has 0 aliphatic carbocycles. The highest BCUT2D eigenvalue weighted by atomic mass is 79.9. The zero-order valence-electron chi connectivity index (χ0n) is 7.02. The first-order valence-electron chi connectivity index (χ1n) is 3.92. The van der Waals surface area contributed by atoms with Crippen LogP contribution in [-0.4, -0.2) is 5.78 Å². The average Bonchev–Trinajstić information content (AvgIpc) is 2.04. The second-order valence-electron chi connectivity index (χ2n) is 2.65. The van der Waals surface area contributed by atoms with Crippen LogP contribution in [0.3, 0.4) is 0 Å². The van der Waals surface area contributed by atoms with E-state index < -0.39 is 0 Å². The largest absolute Gasteiger partial charge is 0.294 e. The van der Waals surface area contributed by atoms with Crippen LogP contribution >= 0.6 is 27.5 Å². The van der Waals surface area contributed by atoms with Crippen LogP contribution in [0.5, 0.6) is 0 Å². The van der Waals surface area contributed by atoms with Crippen molar-refractivity contribution in [3.8, 4) is 0 Å². The first kappa shape index (κ1) is 10.7. The van der Waals surface area contributed by atoms with E-state index in [2.05, 4.69) is 22.9 Å². The maximum absolute atomic E-state index is 11.5. The average molecular weight is 261 g/mol. The lowest BCUT2D eigenvalue weighted by molar-refractivity contribution is 0.0983. The summed E-state index contributed by atoms with van der Waals surface area (Å²) in [5, 5.41) is 0.623. The monoisotopic (exact) mass is 259 g/mol. The molecule has 1 rings (SSSR count). The number of Topliss-reactive ketones (excluding diaryl/α,β-unsaturated/α-hetero) is 1. The van der Waals surface area contributed by atoms with Crippen LogP contribution in [0.25, 0.3) is 0 Å². The first-order chi connectivity index (χ1) is 6.15. The van der Waals surface area contributed by atoms with Crippen molar-refractivity contribution in [1.29, 1.82) is 0 Å². The van der Waals surface area contributed by atoms with Gasteiger partial charge in [0, 0.05) is 21.5 Å². The Kier molecular flexibility index (Phi) is 3.94. The highest BCUT2D eigenvalue weighted by Gasteiger charge is 2.08. The maximum Gasteiger partial charge on any atom is 0.164 e. The summed E-state index contributed by atoms with van der Waals surface area (Å²) in [5.74, 6) is 0.0959. The van der Waals surface area contributed by atoms with Crippen molar-refractivity contribution in [3.63, 3.8) is 0 Å². The van der Waals surface area contributed by atoms with Crippen molar-refractivity contribution in [2.75, 3.05) is 0 Å². The minimum atomic E-state index is 0.0959. The van der Waals surface area contributed by atoms with Gasteiger partial charge in [0.15, 0.2) is 5.78 Å². The fourth-order valence-electron chi connectivity index (χ4n) is 1.01. The minimum Gasteiger partial charge on any atom is -0.294 e. The molecule has 0 aliphatic heterocycles. The van der Waals surface area contributed by atoms with Gasteiger partial charge in [0.1, 0.15) is 0 Å². The topological polar surface area (TPSA) is 17.1 Å². The van der Waals surface area contributed by atoms with Gasteiger partial charge in [-0.1, -0.05) is 18.5 Å². The summed E-state index contributed by atoms with van der Waals surface area (Å²) in [5.41, 5.74) is 0.674. The van der Waals surface area contributed by atoms with Crippen LogP contribution in [0, 0.1) is 6.92 Å². The van der Waals surface area contributed by atoms with Gasteiger partial charge in [-0.05, 0) is 40.5 Å². The molecular weight excluding hydrogens is 251 g/mol. The van der Waals surface area contributed by atoms with Gasteiger partial charge in [-0.2, -0.15) is 0 Å². The molecule has 0 bridgehead atoms. The fourth-order valence-corrected chi connectivity index (χ4v) is 1.91. The summed E-state index contributed by atoms with van der Waals surface area (Å²) in [6.07, 6.45) is 1.09. The van der Waals surface area contributed by atoms with Crippen LogP contribution < -0.4 is 0 Å². The lowest BCUT2D eigenvalue weighted by Gasteiger charge is -2.02. The van der Waals surface area contributed by atoms with Crippen LogP contribution in [0.4, 0.5) is 0 Å². The summed E-state index contributed by atoms with van der Waals surface area (Å²) < 4.78 is 0.749. The van der Waals surface area contributed by atoms with Crippen molar-refractivity contribution in [2.24, 2.45) is 0 Å². The van der Waals surface area contributed by atoms with E-state index >= 15 is 0 Å². The van der Waals surface area contributed by atoms with Gasteiger partial charge >= 0.3 is 0 Å². The number of hydrogen-bond acceptors (Lipinski definition) is 1. The van der Waals surface area contributed by atoms with E-state index in [-0.39, 0.29) is 5.78 Å².